The fourth-order valence-corrected chi connectivity index (χ4v) is 3.19. The van der Waals surface area contributed by atoms with Crippen LogP contribution in [0.5, 0.6) is 0 Å². The number of benzene rings is 1. The number of anilines is 1. The molecule has 1 aliphatic rings. The standard InChI is InChI=1S/C19H23N5.C2HF3O2/c1-3-23(2)19-17-7-9-24(10-8-18(17)21-14-22-19)13-16-6-4-5-15(11-16)12-20;3-2(4,5)1(6)7/h4-6,11,14H,3,7-10,13H2,1-2H3;(H,6,7). The lowest BCUT2D eigenvalue weighted by Crippen LogP contribution is -2.26. The Labute approximate surface area is 178 Å². The molecule has 0 atom stereocenters. The maximum Gasteiger partial charge on any atom is 0.490 e. The molecule has 1 aliphatic heterocycles. The summed E-state index contributed by atoms with van der Waals surface area (Å²) in [5.74, 6) is -1.69. The van der Waals surface area contributed by atoms with Crippen molar-refractivity contribution in [2.45, 2.75) is 32.5 Å². The summed E-state index contributed by atoms with van der Waals surface area (Å²) in [5, 5.41) is 16.2. The maximum atomic E-state index is 10.6. The number of hydrogen-bond donors (Lipinski definition) is 1. The molecule has 1 N–H and O–H groups in total. The number of aromatic nitrogens is 2. The largest absolute Gasteiger partial charge is 0.490 e. The first-order chi connectivity index (χ1) is 14.7. The van der Waals surface area contributed by atoms with Crippen LogP contribution in [-0.4, -0.2) is 58.8 Å². The second kappa shape index (κ2) is 10.7. The number of carbonyl (C=O) groups is 1. The van der Waals surface area contributed by atoms with Gasteiger partial charge in [0.25, 0.3) is 0 Å². The molecule has 31 heavy (non-hydrogen) atoms. The van der Waals surface area contributed by atoms with Gasteiger partial charge in [0, 0.05) is 45.2 Å². The Balaban J connectivity index is 0.000000423. The fourth-order valence-electron chi connectivity index (χ4n) is 3.19. The van der Waals surface area contributed by atoms with E-state index in [-0.39, 0.29) is 0 Å². The Morgan fingerprint density at radius 3 is 2.58 bits per heavy atom. The van der Waals surface area contributed by atoms with Crippen LogP contribution in [0.25, 0.3) is 0 Å². The second-order valence-electron chi connectivity index (χ2n) is 7.03. The number of nitriles is 1. The van der Waals surface area contributed by atoms with E-state index in [1.807, 2.05) is 18.2 Å². The molecule has 0 aliphatic carbocycles. The number of aliphatic carboxylic acids is 1. The van der Waals surface area contributed by atoms with Crippen molar-refractivity contribution in [3.05, 3.63) is 53.0 Å². The maximum absolute atomic E-state index is 10.6. The average molecular weight is 435 g/mol. The number of halogens is 3. The Morgan fingerprint density at radius 1 is 1.29 bits per heavy atom. The molecule has 10 heteroatoms. The molecule has 0 spiro atoms. The lowest BCUT2D eigenvalue weighted by atomic mass is 10.1. The van der Waals surface area contributed by atoms with Gasteiger partial charge >= 0.3 is 12.1 Å². The van der Waals surface area contributed by atoms with Gasteiger partial charge in [-0.05, 0) is 31.0 Å². The molecule has 1 aromatic carbocycles. The van der Waals surface area contributed by atoms with E-state index >= 15 is 0 Å². The Morgan fingerprint density at radius 2 is 1.97 bits per heavy atom. The van der Waals surface area contributed by atoms with Gasteiger partial charge in [0.05, 0.1) is 17.3 Å². The highest BCUT2D eigenvalue weighted by Gasteiger charge is 2.38. The Hall–Kier alpha value is -3.19. The molecule has 3 rings (SSSR count). The van der Waals surface area contributed by atoms with Gasteiger partial charge in [0.1, 0.15) is 12.1 Å². The average Bonchev–Trinajstić information content (AvgIpc) is 2.95. The molecule has 0 unspecified atom stereocenters. The van der Waals surface area contributed by atoms with Crippen molar-refractivity contribution < 1.29 is 23.1 Å². The van der Waals surface area contributed by atoms with Crippen LogP contribution in [0, 0.1) is 11.3 Å². The molecule has 0 saturated heterocycles. The second-order valence-corrected chi connectivity index (χ2v) is 7.03. The van der Waals surface area contributed by atoms with Gasteiger partial charge in [-0.3, -0.25) is 4.90 Å². The zero-order chi connectivity index (χ0) is 23.0. The molecule has 0 saturated carbocycles. The van der Waals surface area contributed by atoms with Gasteiger partial charge in [-0.15, -0.1) is 0 Å². The highest BCUT2D eigenvalue weighted by atomic mass is 19.4. The van der Waals surface area contributed by atoms with Gasteiger partial charge in [-0.1, -0.05) is 12.1 Å². The van der Waals surface area contributed by atoms with E-state index < -0.39 is 12.1 Å². The molecule has 166 valence electrons. The van der Waals surface area contributed by atoms with Crippen molar-refractivity contribution in [1.29, 1.82) is 5.26 Å². The molecule has 0 amide bonds. The van der Waals surface area contributed by atoms with Crippen LogP contribution in [0.1, 0.15) is 29.3 Å². The predicted octanol–water partition coefficient (Wildman–Crippen LogP) is 3.04. The van der Waals surface area contributed by atoms with Crippen LogP contribution in [-0.2, 0) is 24.2 Å². The van der Waals surface area contributed by atoms with E-state index in [4.69, 9.17) is 15.2 Å². The summed E-state index contributed by atoms with van der Waals surface area (Å²) in [6.45, 7) is 5.92. The summed E-state index contributed by atoms with van der Waals surface area (Å²) in [6.07, 6.45) is -1.49. The molecule has 0 radical (unpaired) electrons. The minimum Gasteiger partial charge on any atom is -0.475 e. The van der Waals surface area contributed by atoms with Crippen LogP contribution in [0.3, 0.4) is 0 Å². The predicted molar refractivity (Wildman–Crippen MR) is 109 cm³/mol. The van der Waals surface area contributed by atoms with Crippen LogP contribution >= 0.6 is 0 Å². The molecule has 7 nitrogen and oxygen atoms in total. The molecule has 0 fully saturated rings. The SMILES string of the molecule is CCN(C)c1ncnc2c1CCN(Cc1cccc(C#N)c1)CC2.O=C(O)C(F)(F)F. The van der Waals surface area contributed by atoms with Crippen LogP contribution < -0.4 is 4.90 Å². The van der Waals surface area contributed by atoms with Crippen LogP contribution in [0.15, 0.2) is 30.6 Å². The number of nitrogens with zero attached hydrogens (tertiary/aromatic N) is 5. The molecule has 2 heterocycles. The third-order valence-electron chi connectivity index (χ3n) is 4.90. The number of carboxylic acid groups (broad SMARTS) is 1. The van der Waals surface area contributed by atoms with Crippen molar-refractivity contribution in [1.82, 2.24) is 14.9 Å². The number of fused-ring (bicyclic) bond motifs is 1. The van der Waals surface area contributed by atoms with E-state index in [0.717, 1.165) is 50.4 Å². The topological polar surface area (TPSA) is 93.4 Å². The highest BCUT2D eigenvalue weighted by Crippen LogP contribution is 2.23. The summed E-state index contributed by atoms with van der Waals surface area (Å²) >= 11 is 0. The molecular formula is C21H24F3N5O2. The Kier molecular flexibility index (Phi) is 8.33. The summed E-state index contributed by atoms with van der Waals surface area (Å²) in [6, 6.07) is 10.1. The molecule has 2 aromatic rings. The van der Waals surface area contributed by atoms with Gasteiger partial charge in [-0.25, -0.2) is 14.8 Å². The number of rotatable bonds is 4. The monoisotopic (exact) mass is 435 g/mol. The zero-order valence-corrected chi connectivity index (χ0v) is 17.4. The summed E-state index contributed by atoms with van der Waals surface area (Å²) in [4.78, 5) is 22.5. The minimum atomic E-state index is -5.08. The summed E-state index contributed by atoms with van der Waals surface area (Å²) in [7, 11) is 2.08. The van der Waals surface area contributed by atoms with E-state index in [9.17, 15) is 13.2 Å². The third-order valence-corrected chi connectivity index (χ3v) is 4.90. The fraction of sp³-hybridized carbons (Fsp3) is 0.429. The number of hydrogen-bond acceptors (Lipinski definition) is 6. The lowest BCUT2D eigenvalue weighted by Gasteiger charge is -2.21. The first-order valence-electron chi connectivity index (χ1n) is 9.71. The van der Waals surface area contributed by atoms with Gasteiger partial charge in [-0.2, -0.15) is 18.4 Å². The quantitative estimate of drug-likeness (QED) is 0.789. The first-order valence-corrected chi connectivity index (χ1v) is 9.71. The van der Waals surface area contributed by atoms with Crippen molar-refractivity contribution >= 4 is 11.8 Å². The lowest BCUT2D eigenvalue weighted by molar-refractivity contribution is -0.192. The molecular weight excluding hydrogens is 411 g/mol. The van der Waals surface area contributed by atoms with Crippen LogP contribution in [0.4, 0.5) is 19.0 Å². The van der Waals surface area contributed by atoms with Crippen molar-refractivity contribution in [3.8, 4) is 6.07 Å². The van der Waals surface area contributed by atoms with E-state index in [1.165, 1.54) is 16.8 Å². The smallest absolute Gasteiger partial charge is 0.475 e. The van der Waals surface area contributed by atoms with Crippen molar-refractivity contribution in [2.75, 3.05) is 31.6 Å². The third kappa shape index (κ3) is 6.93. The van der Waals surface area contributed by atoms with Gasteiger partial charge in [0.2, 0.25) is 0 Å². The normalized spacial score (nSPS) is 13.8. The van der Waals surface area contributed by atoms with Gasteiger partial charge in [0.15, 0.2) is 0 Å². The summed E-state index contributed by atoms with van der Waals surface area (Å²) in [5.41, 5.74) is 4.38. The van der Waals surface area contributed by atoms with E-state index in [1.54, 1.807) is 6.33 Å². The first kappa shape index (κ1) is 24.1. The molecule has 0 bridgehead atoms. The zero-order valence-electron chi connectivity index (χ0n) is 17.4. The highest BCUT2D eigenvalue weighted by molar-refractivity contribution is 5.73. The van der Waals surface area contributed by atoms with E-state index in [2.05, 4.69) is 45.9 Å². The minimum absolute atomic E-state index is 0.725. The number of alkyl halides is 3. The van der Waals surface area contributed by atoms with E-state index in [0.29, 0.717) is 0 Å². The van der Waals surface area contributed by atoms with Crippen LogP contribution in [0.2, 0.25) is 0 Å². The van der Waals surface area contributed by atoms with Gasteiger partial charge < -0.3 is 10.0 Å². The Bertz CT molecular complexity index is 943. The molecule has 1 aromatic heterocycles. The van der Waals surface area contributed by atoms with Crippen molar-refractivity contribution in [2.24, 2.45) is 0 Å². The number of carboxylic acids is 1. The van der Waals surface area contributed by atoms with Crippen molar-refractivity contribution in [3.63, 3.8) is 0 Å². The summed E-state index contributed by atoms with van der Waals surface area (Å²) < 4.78 is 31.7.